The number of ether oxygens (including phenoxy) is 1. The molecule has 20 heavy (non-hydrogen) atoms. The molecule has 0 bridgehead atoms. The first kappa shape index (κ1) is 15.9. The van der Waals surface area contributed by atoms with Crippen molar-refractivity contribution in [2.45, 2.75) is 31.9 Å². The topological polar surface area (TPSA) is 50.5 Å². The van der Waals surface area contributed by atoms with Gasteiger partial charge >= 0.3 is 0 Å². The third-order valence-corrected chi connectivity index (χ3v) is 4.55. The van der Waals surface area contributed by atoms with Crippen molar-refractivity contribution >= 4 is 15.9 Å². The van der Waals surface area contributed by atoms with Crippen molar-refractivity contribution in [2.24, 2.45) is 5.84 Å². The minimum Gasteiger partial charge on any atom is -0.374 e. The molecule has 0 spiro atoms. The lowest BCUT2D eigenvalue weighted by atomic mass is 10.0. The molecule has 5 heteroatoms. The molecule has 0 radical (unpaired) electrons. The summed E-state index contributed by atoms with van der Waals surface area (Å²) < 4.78 is 7.05. The summed E-state index contributed by atoms with van der Waals surface area (Å²) >= 11 is 3.59. The van der Waals surface area contributed by atoms with E-state index < -0.39 is 0 Å². The summed E-state index contributed by atoms with van der Waals surface area (Å²) in [5.41, 5.74) is 4.19. The van der Waals surface area contributed by atoms with Crippen LogP contribution in [0.1, 0.15) is 18.9 Å². The third kappa shape index (κ3) is 4.27. The molecule has 4 nitrogen and oxygen atoms in total. The van der Waals surface area contributed by atoms with Crippen molar-refractivity contribution in [2.75, 3.05) is 26.2 Å². The van der Waals surface area contributed by atoms with Crippen LogP contribution in [0.2, 0.25) is 0 Å². The van der Waals surface area contributed by atoms with Gasteiger partial charge in [-0.2, -0.15) is 0 Å². The van der Waals surface area contributed by atoms with Gasteiger partial charge in [0.1, 0.15) is 0 Å². The molecule has 2 atom stereocenters. The molecular weight excluding hydrogens is 318 g/mol. The lowest BCUT2D eigenvalue weighted by molar-refractivity contribution is -0.0462. The molecule has 1 aromatic rings. The number of nitrogens with two attached hydrogens (primary N) is 1. The van der Waals surface area contributed by atoms with Gasteiger partial charge < -0.3 is 4.74 Å². The minimum atomic E-state index is 0.133. The van der Waals surface area contributed by atoms with Gasteiger partial charge in [0.15, 0.2) is 0 Å². The third-order valence-electron chi connectivity index (χ3n) is 3.78. The molecule has 2 rings (SSSR count). The summed E-state index contributed by atoms with van der Waals surface area (Å²) in [6, 6.07) is 8.40. The summed E-state index contributed by atoms with van der Waals surface area (Å²) in [6.45, 7) is 6.11. The van der Waals surface area contributed by atoms with Gasteiger partial charge in [0.2, 0.25) is 0 Å². The van der Waals surface area contributed by atoms with E-state index in [4.69, 9.17) is 10.6 Å². The van der Waals surface area contributed by atoms with E-state index in [9.17, 15) is 0 Å². The zero-order valence-corrected chi connectivity index (χ0v) is 13.6. The van der Waals surface area contributed by atoms with E-state index in [0.717, 1.165) is 37.1 Å². The first-order valence-electron chi connectivity index (χ1n) is 7.28. The molecule has 0 amide bonds. The average Bonchev–Trinajstić information content (AvgIpc) is 2.47. The van der Waals surface area contributed by atoms with Crippen LogP contribution < -0.4 is 11.3 Å². The normalized spacial score (nSPS) is 21.9. The van der Waals surface area contributed by atoms with Crippen molar-refractivity contribution in [1.29, 1.82) is 0 Å². The second-order valence-electron chi connectivity index (χ2n) is 5.28. The fourth-order valence-electron chi connectivity index (χ4n) is 2.69. The van der Waals surface area contributed by atoms with Crippen LogP contribution in [0.25, 0.3) is 0 Å². The molecule has 0 aliphatic carbocycles. The fraction of sp³-hybridized carbons (Fsp3) is 0.600. The largest absolute Gasteiger partial charge is 0.374 e. The number of nitrogens with zero attached hydrogens (tertiary/aromatic N) is 1. The van der Waals surface area contributed by atoms with Gasteiger partial charge in [0.05, 0.1) is 18.8 Å². The molecule has 1 fully saturated rings. The number of morpholine rings is 1. The van der Waals surface area contributed by atoms with Crippen molar-refractivity contribution in [3.63, 3.8) is 0 Å². The first-order chi connectivity index (χ1) is 9.74. The maximum absolute atomic E-state index is 5.92. The van der Waals surface area contributed by atoms with Crippen LogP contribution in [0.4, 0.5) is 0 Å². The van der Waals surface area contributed by atoms with Gasteiger partial charge in [-0.1, -0.05) is 41.1 Å². The zero-order chi connectivity index (χ0) is 14.4. The number of hydrogen-bond donors (Lipinski definition) is 2. The van der Waals surface area contributed by atoms with E-state index in [1.165, 1.54) is 12.0 Å². The Morgan fingerprint density at radius 2 is 2.30 bits per heavy atom. The van der Waals surface area contributed by atoms with Gasteiger partial charge in [-0.3, -0.25) is 16.2 Å². The standard InChI is InChI=1S/C15H24BrN3O/c1-2-7-19-8-9-20-15(11-19)14(18-17)10-12-5-3-4-6-13(12)16/h3-6,14-15,18H,2,7-11,17H2,1H3. The van der Waals surface area contributed by atoms with Crippen LogP contribution in [0.3, 0.4) is 0 Å². The quantitative estimate of drug-likeness (QED) is 0.613. The monoisotopic (exact) mass is 341 g/mol. The van der Waals surface area contributed by atoms with Crippen LogP contribution in [-0.4, -0.2) is 43.3 Å². The summed E-state index contributed by atoms with van der Waals surface area (Å²) in [4.78, 5) is 2.46. The van der Waals surface area contributed by atoms with Gasteiger partial charge in [0, 0.05) is 17.6 Å². The lowest BCUT2D eigenvalue weighted by Crippen LogP contribution is -2.54. The molecule has 112 valence electrons. The summed E-state index contributed by atoms with van der Waals surface area (Å²) in [7, 11) is 0. The highest BCUT2D eigenvalue weighted by atomic mass is 79.9. The SMILES string of the molecule is CCCN1CCOC(C(Cc2ccccc2Br)NN)C1. The zero-order valence-electron chi connectivity index (χ0n) is 12.0. The molecule has 1 aliphatic rings. The number of rotatable bonds is 6. The number of benzene rings is 1. The second kappa shape index (κ2) is 8.10. The van der Waals surface area contributed by atoms with Gasteiger partial charge in [-0.15, -0.1) is 0 Å². The van der Waals surface area contributed by atoms with E-state index in [1.54, 1.807) is 0 Å². The Morgan fingerprint density at radius 1 is 1.50 bits per heavy atom. The Morgan fingerprint density at radius 3 is 3.00 bits per heavy atom. The highest BCUT2D eigenvalue weighted by molar-refractivity contribution is 9.10. The van der Waals surface area contributed by atoms with Crippen LogP contribution >= 0.6 is 15.9 Å². The Bertz CT molecular complexity index is 414. The molecule has 1 heterocycles. The molecule has 1 aromatic carbocycles. The predicted octanol–water partition coefficient (Wildman–Crippen LogP) is 1.93. The lowest BCUT2D eigenvalue weighted by Gasteiger charge is -2.36. The molecule has 2 unspecified atom stereocenters. The minimum absolute atomic E-state index is 0.133. The maximum atomic E-state index is 5.92. The number of nitrogens with one attached hydrogen (secondary N) is 1. The molecule has 0 aromatic heterocycles. The second-order valence-corrected chi connectivity index (χ2v) is 6.13. The fourth-order valence-corrected chi connectivity index (χ4v) is 3.14. The van der Waals surface area contributed by atoms with Gasteiger partial charge in [-0.25, -0.2) is 0 Å². The summed E-state index contributed by atoms with van der Waals surface area (Å²) in [6.07, 6.45) is 2.19. The maximum Gasteiger partial charge on any atom is 0.0871 e. The average molecular weight is 342 g/mol. The van der Waals surface area contributed by atoms with Crippen LogP contribution in [0.15, 0.2) is 28.7 Å². The van der Waals surface area contributed by atoms with E-state index in [1.807, 2.05) is 6.07 Å². The molecule has 3 N–H and O–H groups in total. The van der Waals surface area contributed by atoms with Gasteiger partial charge in [0.25, 0.3) is 0 Å². The molecule has 1 aliphatic heterocycles. The highest BCUT2D eigenvalue weighted by Crippen LogP contribution is 2.20. The van der Waals surface area contributed by atoms with Crippen molar-refractivity contribution in [1.82, 2.24) is 10.3 Å². The summed E-state index contributed by atoms with van der Waals surface area (Å²) in [5.74, 6) is 5.76. The van der Waals surface area contributed by atoms with Crippen LogP contribution in [-0.2, 0) is 11.2 Å². The predicted molar refractivity (Wildman–Crippen MR) is 85.4 cm³/mol. The Kier molecular flexibility index (Phi) is 6.45. The highest BCUT2D eigenvalue weighted by Gasteiger charge is 2.27. The van der Waals surface area contributed by atoms with Crippen molar-refractivity contribution < 1.29 is 4.74 Å². The Balaban J connectivity index is 1.99. The first-order valence-corrected chi connectivity index (χ1v) is 8.07. The number of hydrazine groups is 1. The molecule has 0 saturated carbocycles. The van der Waals surface area contributed by atoms with Crippen LogP contribution in [0.5, 0.6) is 0 Å². The smallest absolute Gasteiger partial charge is 0.0871 e. The molecule has 1 saturated heterocycles. The van der Waals surface area contributed by atoms with Crippen molar-refractivity contribution in [3.8, 4) is 0 Å². The van der Waals surface area contributed by atoms with Gasteiger partial charge in [-0.05, 0) is 31.0 Å². The van der Waals surface area contributed by atoms with E-state index >= 15 is 0 Å². The Labute approximate surface area is 129 Å². The molecular formula is C15H24BrN3O. The van der Waals surface area contributed by atoms with E-state index in [-0.39, 0.29) is 12.1 Å². The summed E-state index contributed by atoms with van der Waals surface area (Å²) in [5, 5.41) is 0. The van der Waals surface area contributed by atoms with E-state index in [0.29, 0.717) is 0 Å². The number of hydrogen-bond acceptors (Lipinski definition) is 4. The van der Waals surface area contributed by atoms with Crippen LogP contribution in [0, 0.1) is 0 Å². The van der Waals surface area contributed by atoms with Crippen molar-refractivity contribution in [3.05, 3.63) is 34.3 Å². The van der Waals surface area contributed by atoms with E-state index in [2.05, 4.69) is 51.4 Å². The number of halogens is 1. The Hall–Kier alpha value is -0.460.